The number of carbonyl (C=O) groups is 1. The number of aromatic nitrogens is 4. The summed E-state index contributed by atoms with van der Waals surface area (Å²) in [5, 5.41) is 21.9. The number of hydrogen-bond acceptors (Lipinski definition) is 5. The number of carbonyl (C=O) groups excluding carboxylic acids is 1. The van der Waals surface area contributed by atoms with Gasteiger partial charge >= 0.3 is 5.69 Å². The minimum absolute atomic E-state index is 0.110. The van der Waals surface area contributed by atoms with Crippen LogP contribution in [0.25, 0.3) is 0 Å². The number of nitro groups is 1. The van der Waals surface area contributed by atoms with Gasteiger partial charge < -0.3 is 5.32 Å². The van der Waals surface area contributed by atoms with Crippen LogP contribution in [0.2, 0.25) is 5.02 Å². The van der Waals surface area contributed by atoms with E-state index in [1.54, 1.807) is 30.5 Å². The van der Waals surface area contributed by atoms with Gasteiger partial charge in [0.1, 0.15) is 19.1 Å². The molecule has 3 rings (SSSR count). The molecule has 0 bridgehead atoms. The zero-order valence-electron chi connectivity index (χ0n) is 13.1. The average molecular weight is 361 g/mol. The van der Waals surface area contributed by atoms with Gasteiger partial charge in [0.15, 0.2) is 5.69 Å². The quantitative estimate of drug-likeness (QED) is 0.556. The molecular weight excluding hydrogens is 348 g/mol. The van der Waals surface area contributed by atoms with E-state index in [-0.39, 0.29) is 24.0 Å². The molecule has 1 amide bonds. The van der Waals surface area contributed by atoms with Gasteiger partial charge in [-0.15, -0.1) is 0 Å². The van der Waals surface area contributed by atoms with E-state index in [1.165, 1.54) is 15.6 Å². The Morgan fingerprint density at radius 2 is 2.16 bits per heavy atom. The van der Waals surface area contributed by atoms with Crippen molar-refractivity contribution in [1.29, 1.82) is 0 Å². The topological polar surface area (TPSA) is 108 Å². The van der Waals surface area contributed by atoms with Gasteiger partial charge in [0, 0.05) is 16.9 Å². The number of anilines is 1. The Labute approximate surface area is 147 Å². The lowest BCUT2D eigenvalue weighted by atomic mass is 10.2. The molecule has 1 N–H and O–H groups in total. The second-order valence-electron chi connectivity index (χ2n) is 5.29. The van der Waals surface area contributed by atoms with Gasteiger partial charge in [-0.1, -0.05) is 17.7 Å². The van der Waals surface area contributed by atoms with Crippen LogP contribution < -0.4 is 5.32 Å². The largest absolute Gasteiger partial charge is 0.320 e. The lowest BCUT2D eigenvalue weighted by molar-refractivity contribution is -0.385. The number of benzene rings is 1. The van der Waals surface area contributed by atoms with Gasteiger partial charge in [0.25, 0.3) is 5.91 Å². The number of rotatable bonds is 5. The highest BCUT2D eigenvalue weighted by molar-refractivity contribution is 6.31. The maximum absolute atomic E-state index is 12.3. The van der Waals surface area contributed by atoms with E-state index in [1.807, 2.05) is 6.92 Å². The molecule has 0 atom stereocenters. The van der Waals surface area contributed by atoms with Gasteiger partial charge in [0.05, 0.1) is 4.92 Å². The van der Waals surface area contributed by atoms with Crippen molar-refractivity contribution in [3.05, 3.63) is 69.3 Å². The van der Waals surface area contributed by atoms with E-state index in [0.29, 0.717) is 10.7 Å². The molecule has 25 heavy (non-hydrogen) atoms. The van der Waals surface area contributed by atoms with Gasteiger partial charge in [-0.25, -0.2) is 4.68 Å². The number of amides is 1. The SMILES string of the molecule is Cc1ccc(Cl)cc1NC(=O)c1ccn(Cn2cc([N+](=O)[O-])cn2)n1. The first kappa shape index (κ1) is 16.7. The fourth-order valence-electron chi connectivity index (χ4n) is 2.15. The first-order valence-corrected chi connectivity index (χ1v) is 7.58. The molecule has 128 valence electrons. The normalized spacial score (nSPS) is 10.6. The molecule has 10 heteroatoms. The average Bonchev–Trinajstić information content (AvgIpc) is 3.21. The Morgan fingerprint density at radius 1 is 1.36 bits per heavy atom. The molecular formula is C15H13ClN6O3. The predicted octanol–water partition coefficient (Wildman–Crippen LogP) is 2.71. The highest BCUT2D eigenvalue weighted by Gasteiger charge is 2.13. The minimum atomic E-state index is -0.529. The van der Waals surface area contributed by atoms with Crippen LogP contribution >= 0.6 is 11.6 Å². The first-order valence-electron chi connectivity index (χ1n) is 7.20. The fourth-order valence-corrected chi connectivity index (χ4v) is 2.32. The number of nitrogens with one attached hydrogen (secondary N) is 1. The molecule has 0 aliphatic carbocycles. The predicted molar refractivity (Wildman–Crippen MR) is 90.6 cm³/mol. The van der Waals surface area contributed by atoms with Crippen LogP contribution in [0.15, 0.2) is 42.9 Å². The summed E-state index contributed by atoms with van der Waals surface area (Å²) in [7, 11) is 0. The number of nitrogens with zero attached hydrogens (tertiary/aromatic N) is 5. The molecule has 0 fully saturated rings. The minimum Gasteiger partial charge on any atom is -0.320 e. The molecule has 0 saturated carbocycles. The zero-order valence-corrected chi connectivity index (χ0v) is 13.8. The zero-order chi connectivity index (χ0) is 18.0. The van der Waals surface area contributed by atoms with E-state index >= 15 is 0 Å². The van der Waals surface area contributed by atoms with Crippen molar-refractivity contribution in [3.8, 4) is 0 Å². The van der Waals surface area contributed by atoms with E-state index in [4.69, 9.17) is 11.6 Å². The maximum Gasteiger partial charge on any atom is 0.307 e. The summed E-state index contributed by atoms with van der Waals surface area (Å²) < 4.78 is 2.81. The third-order valence-corrected chi connectivity index (χ3v) is 3.68. The van der Waals surface area contributed by atoms with Gasteiger partial charge in [-0.2, -0.15) is 10.2 Å². The lowest BCUT2D eigenvalue weighted by Gasteiger charge is -2.07. The molecule has 0 radical (unpaired) electrons. The van der Waals surface area contributed by atoms with Crippen LogP contribution in [0.4, 0.5) is 11.4 Å². The molecule has 0 spiro atoms. The van der Waals surface area contributed by atoms with Crippen molar-refractivity contribution in [3.63, 3.8) is 0 Å². The van der Waals surface area contributed by atoms with Crippen molar-refractivity contribution < 1.29 is 9.72 Å². The fraction of sp³-hybridized carbons (Fsp3) is 0.133. The standard InChI is InChI=1S/C15H13ClN6O3/c1-10-2-3-11(16)6-14(10)18-15(23)13-4-5-20(19-13)9-21-8-12(7-17-21)22(24)25/h2-8H,9H2,1H3,(H,18,23). The van der Waals surface area contributed by atoms with E-state index in [2.05, 4.69) is 15.5 Å². The molecule has 2 aromatic heterocycles. The highest BCUT2D eigenvalue weighted by Crippen LogP contribution is 2.20. The highest BCUT2D eigenvalue weighted by atomic mass is 35.5. The molecule has 1 aromatic carbocycles. The summed E-state index contributed by atoms with van der Waals surface area (Å²) in [5.74, 6) is -0.379. The second-order valence-corrected chi connectivity index (χ2v) is 5.73. The molecule has 0 aliphatic rings. The first-order chi connectivity index (χ1) is 11.9. The number of aryl methyl sites for hydroxylation is 1. The number of halogens is 1. The van der Waals surface area contributed by atoms with Crippen molar-refractivity contribution in [1.82, 2.24) is 19.6 Å². The lowest BCUT2D eigenvalue weighted by Crippen LogP contribution is -2.15. The molecule has 0 unspecified atom stereocenters. The Bertz CT molecular complexity index is 948. The Kier molecular flexibility index (Phi) is 4.48. The van der Waals surface area contributed by atoms with Crippen LogP contribution in [0.5, 0.6) is 0 Å². The van der Waals surface area contributed by atoms with Gasteiger partial charge in [-0.05, 0) is 30.7 Å². The summed E-state index contributed by atoms with van der Waals surface area (Å²) in [6, 6.07) is 6.76. The smallest absolute Gasteiger partial charge is 0.307 e. The van der Waals surface area contributed by atoms with Crippen LogP contribution in [-0.4, -0.2) is 30.4 Å². The molecule has 9 nitrogen and oxygen atoms in total. The van der Waals surface area contributed by atoms with Crippen molar-refractivity contribution in [2.24, 2.45) is 0 Å². The Morgan fingerprint density at radius 3 is 2.88 bits per heavy atom. The molecule has 3 aromatic rings. The Hall–Kier alpha value is -3.20. The van der Waals surface area contributed by atoms with Crippen LogP contribution in [0.1, 0.15) is 16.1 Å². The summed E-state index contributed by atoms with van der Waals surface area (Å²) in [6.45, 7) is 2.01. The third-order valence-electron chi connectivity index (χ3n) is 3.44. The van der Waals surface area contributed by atoms with Gasteiger partial charge in [-0.3, -0.25) is 19.6 Å². The summed E-state index contributed by atoms with van der Waals surface area (Å²) >= 11 is 5.94. The van der Waals surface area contributed by atoms with E-state index < -0.39 is 4.92 Å². The molecule has 0 aliphatic heterocycles. The monoisotopic (exact) mass is 360 g/mol. The maximum atomic E-state index is 12.3. The third kappa shape index (κ3) is 3.83. The van der Waals surface area contributed by atoms with Crippen LogP contribution in [0.3, 0.4) is 0 Å². The van der Waals surface area contributed by atoms with Crippen molar-refractivity contribution in [2.45, 2.75) is 13.6 Å². The molecule has 2 heterocycles. The summed E-state index contributed by atoms with van der Waals surface area (Å²) in [4.78, 5) is 22.4. The second kappa shape index (κ2) is 6.73. The van der Waals surface area contributed by atoms with Crippen LogP contribution in [-0.2, 0) is 6.67 Å². The van der Waals surface area contributed by atoms with Gasteiger partial charge in [0.2, 0.25) is 0 Å². The van der Waals surface area contributed by atoms with Crippen LogP contribution in [0, 0.1) is 17.0 Å². The molecule has 0 saturated heterocycles. The van der Waals surface area contributed by atoms with Crippen molar-refractivity contribution in [2.75, 3.05) is 5.32 Å². The summed E-state index contributed by atoms with van der Waals surface area (Å²) in [6.07, 6.45) is 4.03. The van der Waals surface area contributed by atoms with Crippen molar-refractivity contribution >= 4 is 28.9 Å². The summed E-state index contributed by atoms with van der Waals surface area (Å²) in [5.41, 5.74) is 1.58. The Balaban J connectivity index is 1.70. The van der Waals surface area contributed by atoms with E-state index in [9.17, 15) is 14.9 Å². The van der Waals surface area contributed by atoms with E-state index in [0.717, 1.165) is 11.8 Å². The number of hydrogen-bond donors (Lipinski definition) is 1.